The molecule has 1 fully saturated rings. The molecule has 1 aliphatic rings. The summed E-state index contributed by atoms with van der Waals surface area (Å²) in [4.78, 5) is 20.9. The second-order valence-electron chi connectivity index (χ2n) is 9.77. The second-order valence-corrected chi connectivity index (χ2v) is 9.77. The van der Waals surface area contributed by atoms with Crippen LogP contribution in [0.2, 0.25) is 0 Å². The number of alkyl halides is 3. The summed E-state index contributed by atoms with van der Waals surface area (Å²) in [6.45, 7) is 6.89. The minimum atomic E-state index is -4.81. The van der Waals surface area contributed by atoms with Crippen molar-refractivity contribution in [2.45, 2.75) is 19.1 Å². The highest BCUT2D eigenvalue weighted by molar-refractivity contribution is 6.00. The molecule has 0 bridgehead atoms. The largest absolute Gasteiger partial charge is 0.497 e. The lowest BCUT2D eigenvalue weighted by Crippen LogP contribution is -2.50. The fourth-order valence-electron chi connectivity index (χ4n) is 5.22. The van der Waals surface area contributed by atoms with Gasteiger partial charge in [0.25, 0.3) is 5.91 Å². The average Bonchev–Trinajstić information content (AvgIpc) is 3.43. The predicted molar refractivity (Wildman–Crippen MR) is 150 cm³/mol. The number of hydrogen-bond donors (Lipinski definition) is 1. The first kappa shape index (κ1) is 32.5. The van der Waals surface area contributed by atoms with Gasteiger partial charge in [-0.25, -0.2) is 22.7 Å². The quantitative estimate of drug-likeness (QED) is 0.175. The van der Waals surface area contributed by atoms with Crippen LogP contribution in [0, 0.1) is 24.4 Å². The zero-order chi connectivity index (χ0) is 32.3. The van der Waals surface area contributed by atoms with Crippen LogP contribution in [-0.4, -0.2) is 75.3 Å². The van der Waals surface area contributed by atoms with Crippen LogP contribution in [0.4, 0.5) is 26.3 Å². The molecule has 44 heavy (non-hydrogen) atoms. The lowest BCUT2D eigenvalue weighted by atomic mass is 10.0. The molecule has 1 N–H and O–H groups in total. The maximum absolute atomic E-state index is 14.4. The van der Waals surface area contributed by atoms with E-state index < -0.39 is 47.9 Å². The summed E-state index contributed by atoms with van der Waals surface area (Å²) in [5.41, 5.74) is -1.64. The Balaban J connectivity index is 0.00000216. The molecule has 0 spiro atoms. The number of aromatic nitrogens is 3. The highest BCUT2D eigenvalue weighted by atomic mass is 19.4. The van der Waals surface area contributed by atoms with Crippen molar-refractivity contribution in [2.24, 2.45) is 0 Å². The lowest BCUT2D eigenvalue weighted by molar-refractivity contribution is -0.143. The number of carbonyl (C=O) groups excluding carboxylic acids is 1. The normalized spacial score (nSPS) is 14.7. The lowest BCUT2D eigenvalue weighted by Gasteiger charge is -2.38. The first-order valence-electron chi connectivity index (χ1n) is 13.3. The van der Waals surface area contributed by atoms with Crippen molar-refractivity contribution >= 4 is 11.6 Å². The summed E-state index contributed by atoms with van der Waals surface area (Å²) >= 11 is 0. The molecule has 0 saturated carbocycles. The fourth-order valence-corrected chi connectivity index (χ4v) is 5.22. The molecule has 0 radical (unpaired) electrons. The van der Waals surface area contributed by atoms with E-state index in [4.69, 9.17) is 4.74 Å². The number of ether oxygens (including phenoxy) is 1. The average molecular weight is 622 g/mol. The second kappa shape index (κ2) is 13.1. The zero-order valence-corrected chi connectivity index (χ0v) is 23.8. The first-order chi connectivity index (χ1) is 20.9. The number of halogens is 6. The number of benzene rings is 2. The number of piperazine rings is 1. The van der Waals surface area contributed by atoms with E-state index in [1.807, 2.05) is 0 Å². The smallest absolute Gasteiger partial charge is 0.433 e. The Hall–Kier alpha value is -4.43. The van der Waals surface area contributed by atoms with Gasteiger partial charge in [0.2, 0.25) is 0 Å². The molecule has 1 saturated heterocycles. The van der Waals surface area contributed by atoms with Gasteiger partial charge in [-0.1, -0.05) is 0 Å². The summed E-state index contributed by atoms with van der Waals surface area (Å²) in [7, 11) is 1.46. The Morgan fingerprint density at radius 1 is 1.07 bits per heavy atom. The molecule has 5 rings (SSSR count). The maximum atomic E-state index is 14.4. The van der Waals surface area contributed by atoms with Crippen LogP contribution in [0.1, 0.15) is 33.2 Å². The highest BCUT2D eigenvalue weighted by Crippen LogP contribution is 2.37. The molecule has 0 aliphatic carbocycles. The predicted octanol–water partition coefficient (Wildman–Crippen LogP) is 5.44. The van der Waals surface area contributed by atoms with Gasteiger partial charge in [0.15, 0.2) is 23.0 Å². The molecule has 4 aromatic rings. The molecular formula is C30H29F6N5O3. The third-order valence-corrected chi connectivity index (χ3v) is 7.34. The summed E-state index contributed by atoms with van der Waals surface area (Å²) in [6, 6.07) is 6.43. The Labute approximate surface area is 248 Å². The molecule has 1 atom stereocenters. The molecule has 8 nitrogen and oxygen atoms in total. The van der Waals surface area contributed by atoms with Crippen LogP contribution in [0.25, 0.3) is 16.9 Å². The SMILES string of the molecule is C=C.COc1ccc(-c2nc3c(C(=O)N4CCN([C@H](CO)c5cc(F)cc(F)c5F)CC4)cnn3c(C(F)(F)F)c2C)cc1. The van der Waals surface area contributed by atoms with Crippen LogP contribution in [0.5, 0.6) is 5.75 Å². The number of fused-ring (bicyclic) bond motifs is 1. The van der Waals surface area contributed by atoms with Crippen LogP contribution >= 0.6 is 0 Å². The minimum absolute atomic E-state index is 0.0204. The van der Waals surface area contributed by atoms with E-state index in [-0.39, 0.29) is 54.2 Å². The topological polar surface area (TPSA) is 83.2 Å². The molecule has 0 unspecified atom stereocenters. The zero-order valence-electron chi connectivity index (χ0n) is 23.8. The van der Waals surface area contributed by atoms with Gasteiger partial charge < -0.3 is 14.7 Å². The molecule has 234 valence electrons. The van der Waals surface area contributed by atoms with Crippen molar-refractivity contribution in [1.29, 1.82) is 0 Å². The number of amides is 1. The van der Waals surface area contributed by atoms with E-state index >= 15 is 0 Å². The Kier molecular flexibility index (Phi) is 9.64. The molecule has 14 heteroatoms. The van der Waals surface area contributed by atoms with E-state index in [1.165, 1.54) is 18.9 Å². The minimum Gasteiger partial charge on any atom is -0.497 e. The monoisotopic (exact) mass is 621 g/mol. The van der Waals surface area contributed by atoms with Gasteiger partial charge in [0, 0.05) is 48.9 Å². The molecular weight excluding hydrogens is 592 g/mol. The number of aliphatic hydroxyl groups is 1. The molecule has 3 heterocycles. The maximum Gasteiger partial charge on any atom is 0.433 e. The van der Waals surface area contributed by atoms with Crippen molar-refractivity contribution in [1.82, 2.24) is 24.4 Å². The Morgan fingerprint density at radius 3 is 2.27 bits per heavy atom. The summed E-state index contributed by atoms with van der Waals surface area (Å²) in [5.74, 6) is -3.80. The van der Waals surface area contributed by atoms with Gasteiger partial charge >= 0.3 is 6.18 Å². The summed E-state index contributed by atoms with van der Waals surface area (Å²) in [5, 5.41) is 13.7. The van der Waals surface area contributed by atoms with Gasteiger partial charge in [0.05, 0.1) is 31.6 Å². The number of hydrogen-bond acceptors (Lipinski definition) is 6. The number of nitrogens with zero attached hydrogens (tertiary/aromatic N) is 5. The van der Waals surface area contributed by atoms with Gasteiger partial charge in [0.1, 0.15) is 17.1 Å². The number of aliphatic hydroxyl groups excluding tert-OH is 1. The third kappa shape index (κ3) is 6.13. The Bertz CT molecular complexity index is 1650. The van der Waals surface area contributed by atoms with Crippen molar-refractivity contribution in [2.75, 3.05) is 39.9 Å². The van der Waals surface area contributed by atoms with E-state index in [9.17, 15) is 36.2 Å². The van der Waals surface area contributed by atoms with Gasteiger partial charge in [-0.05, 0) is 37.3 Å². The van der Waals surface area contributed by atoms with Gasteiger partial charge in [-0.3, -0.25) is 9.69 Å². The van der Waals surface area contributed by atoms with E-state index in [0.717, 1.165) is 12.3 Å². The van der Waals surface area contributed by atoms with Crippen LogP contribution < -0.4 is 4.74 Å². The van der Waals surface area contributed by atoms with E-state index in [2.05, 4.69) is 23.2 Å². The Morgan fingerprint density at radius 2 is 1.70 bits per heavy atom. The molecule has 2 aromatic carbocycles. The van der Waals surface area contributed by atoms with Crippen molar-refractivity contribution in [3.8, 4) is 17.0 Å². The fraction of sp³-hybridized carbons (Fsp3) is 0.300. The number of carbonyl (C=O) groups is 1. The number of methoxy groups -OCH3 is 1. The van der Waals surface area contributed by atoms with Crippen LogP contribution in [-0.2, 0) is 6.18 Å². The number of rotatable bonds is 6. The highest BCUT2D eigenvalue weighted by Gasteiger charge is 2.39. The van der Waals surface area contributed by atoms with Crippen molar-refractivity contribution in [3.05, 3.63) is 95.6 Å². The molecule has 2 aromatic heterocycles. The first-order valence-corrected chi connectivity index (χ1v) is 13.3. The molecule has 1 amide bonds. The summed E-state index contributed by atoms with van der Waals surface area (Å²) < 4.78 is 90.4. The van der Waals surface area contributed by atoms with E-state index in [0.29, 0.717) is 21.9 Å². The van der Waals surface area contributed by atoms with Crippen LogP contribution in [0.15, 0.2) is 55.8 Å². The van der Waals surface area contributed by atoms with Crippen molar-refractivity contribution < 1.29 is 41.0 Å². The summed E-state index contributed by atoms with van der Waals surface area (Å²) in [6.07, 6.45) is -3.78. The van der Waals surface area contributed by atoms with Gasteiger partial charge in [-0.2, -0.15) is 18.3 Å². The third-order valence-electron chi connectivity index (χ3n) is 7.34. The van der Waals surface area contributed by atoms with E-state index in [1.54, 1.807) is 29.2 Å². The van der Waals surface area contributed by atoms with Crippen LogP contribution in [0.3, 0.4) is 0 Å². The molecule has 1 aliphatic heterocycles. The van der Waals surface area contributed by atoms with Crippen molar-refractivity contribution in [3.63, 3.8) is 0 Å². The van der Waals surface area contributed by atoms with Gasteiger partial charge in [-0.15, -0.1) is 13.2 Å². The standard InChI is InChI=1S/C28H25F6N5O3.C2H4/c1-15-24(16-3-5-18(42-2)6-4-16)36-26-20(13-35-39(26)25(15)28(32,33)34)27(41)38-9-7-37(8-10-38)22(14-40)19-11-17(29)12-21(30)23(19)31;1-2/h3-6,11-13,22,40H,7-10,14H2,1-2H3;1-2H2/t22-;/m1./s1.